The average molecular weight is 347 g/mol. The molecule has 4 heteroatoms. The summed E-state index contributed by atoms with van der Waals surface area (Å²) in [5.41, 5.74) is 6.35. The highest BCUT2D eigenvalue weighted by Crippen LogP contribution is 2.44. The molecule has 1 N–H and O–H groups in total. The molecule has 5 rings (SSSR count). The number of nitrogens with one attached hydrogen (secondary N) is 1. The van der Waals surface area contributed by atoms with Crippen molar-refractivity contribution in [3.05, 3.63) is 53.3 Å². The number of aryl methyl sites for hydroxylation is 1. The molecule has 2 aromatic heterocycles. The van der Waals surface area contributed by atoms with Gasteiger partial charge >= 0.3 is 0 Å². The van der Waals surface area contributed by atoms with Crippen molar-refractivity contribution in [2.45, 2.75) is 44.1 Å². The minimum Gasteiger partial charge on any atom is -0.380 e. The van der Waals surface area contributed by atoms with E-state index in [1.165, 1.54) is 47.7 Å². The van der Waals surface area contributed by atoms with E-state index in [9.17, 15) is 0 Å². The summed E-state index contributed by atoms with van der Waals surface area (Å²) in [6.07, 6.45) is 9.53. The van der Waals surface area contributed by atoms with E-state index in [2.05, 4.69) is 47.4 Å². The lowest BCUT2D eigenvalue weighted by Gasteiger charge is -2.13. The van der Waals surface area contributed by atoms with E-state index in [0.29, 0.717) is 12.5 Å². The zero-order valence-corrected chi connectivity index (χ0v) is 15.5. The predicted octanol–water partition coefficient (Wildman–Crippen LogP) is 5.22. The third kappa shape index (κ3) is 2.88. The van der Waals surface area contributed by atoms with Crippen molar-refractivity contribution in [2.75, 3.05) is 12.4 Å². The van der Waals surface area contributed by atoms with Crippen molar-refractivity contribution in [1.29, 1.82) is 0 Å². The third-order valence-electron chi connectivity index (χ3n) is 5.64. The maximum atomic E-state index is 5.41. The van der Waals surface area contributed by atoms with Gasteiger partial charge in [-0.3, -0.25) is 0 Å². The first-order valence-corrected chi connectivity index (χ1v) is 9.56. The summed E-state index contributed by atoms with van der Waals surface area (Å²) in [6.45, 7) is 0.580. The van der Waals surface area contributed by atoms with Crippen molar-refractivity contribution in [1.82, 2.24) is 9.55 Å². The van der Waals surface area contributed by atoms with Crippen LogP contribution in [0.3, 0.4) is 0 Å². The van der Waals surface area contributed by atoms with E-state index < -0.39 is 0 Å². The molecule has 2 fully saturated rings. The number of hydrogen-bond acceptors (Lipinski definition) is 3. The molecule has 2 aliphatic carbocycles. The van der Waals surface area contributed by atoms with Gasteiger partial charge in [0.1, 0.15) is 5.82 Å². The first-order chi connectivity index (χ1) is 12.7. The number of benzene rings is 1. The summed E-state index contributed by atoms with van der Waals surface area (Å²) >= 11 is 0. The van der Waals surface area contributed by atoms with Gasteiger partial charge in [-0.05, 0) is 72.9 Å². The number of pyridine rings is 1. The molecule has 0 atom stereocenters. The molecule has 0 saturated heterocycles. The number of nitrogens with zero attached hydrogens (tertiary/aromatic N) is 2. The molecule has 3 aromatic rings. The second kappa shape index (κ2) is 6.13. The van der Waals surface area contributed by atoms with Gasteiger partial charge in [-0.1, -0.05) is 0 Å². The molecule has 2 heterocycles. The van der Waals surface area contributed by atoms with Gasteiger partial charge in [0.05, 0.1) is 6.61 Å². The van der Waals surface area contributed by atoms with E-state index >= 15 is 0 Å². The van der Waals surface area contributed by atoms with Crippen LogP contribution in [0.2, 0.25) is 0 Å². The van der Waals surface area contributed by atoms with Gasteiger partial charge in [0.15, 0.2) is 0 Å². The van der Waals surface area contributed by atoms with Crippen molar-refractivity contribution in [3.63, 3.8) is 0 Å². The molecule has 1 aromatic carbocycles. The Labute approximate surface area is 154 Å². The molecular formula is C22H25N3O. The fourth-order valence-electron chi connectivity index (χ4n) is 3.90. The van der Waals surface area contributed by atoms with Crippen LogP contribution in [0.5, 0.6) is 0 Å². The number of ether oxygens (including phenoxy) is 1. The van der Waals surface area contributed by atoms with Crippen molar-refractivity contribution in [2.24, 2.45) is 7.05 Å². The smallest absolute Gasteiger partial charge is 0.135 e. The molecule has 0 bridgehead atoms. The molecule has 0 amide bonds. The standard InChI is InChI=1S/C22H25N3O/c1-25-12-20(15-5-6-15)19-10-18(7-8-21(19)25)24-22-17(13-26-2)9-16(11-23-22)14-3-4-14/h7-12,14-15H,3-6,13H2,1-2H3,(H,23,24). The lowest BCUT2D eigenvalue weighted by atomic mass is 10.1. The Kier molecular flexibility index (Phi) is 3.75. The van der Waals surface area contributed by atoms with Crippen molar-refractivity contribution >= 4 is 22.4 Å². The SMILES string of the molecule is COCc1cc(C2CC2)cnc1Nc1ccc2c(c1)c(C1CC1)cn2C. The number of anilines is 2. The van der Waals surface area contributed by atoms with E-state index in [4.69, 9.17) is 9.72 Å². The predicted molar refractivity (Wildman–Crippen MR) is 105 cm³/mol. The summed E-state index contributed by atoms with van der Waals surface area (Å²) in [7, 11) is 3.88. The van der Waals surface area contributed by atoms with Crippen LogP contribution in [-0.2, 0) is 18.4 Å². The average Bonchev–Trinajstić information content (AvgIpc) is 3.54. The highest BCUT2D eigenvalue weighted by Gasteiger charge is 2.27. The van der Waals surface area contributed by atoms with Crippen LogP contribution in [0, 0.1) is 0 Å². The lowest BCUT2D eigenvalue weighted by Crippen LogP contribution is -2.02. The summed E-state index contributed by atoms with van der Waals surface area (Å²) in [6, 6.07) is 8.88. The monoisotopic (exact) mass is 347 g/mol. The van der Waals surface area contributed by atoms with Gasteiger partial charge in [-0.2, -0.15) is 0 Å². The number of methoxy groups -OCH3 is 1. The Bertz CT molecular complexity index is 967. The molecule has 26 heavy (non-hydrogen) atoms. The van der Waals surface area contributed by atoms with E-state index in [-0.39, 0.29) is 0 Å². The number of hydrogen-bond donors (Lipinski definition) is 1. The second-order valence-corrected chi connectivity index (χ2v) is 7.81. The summed E-state index contributed by atoms with van der Waals surface area (Å²) in [4.78, 5) is 4.71. The first kappa shape index (κ1) is 15.9. The quantitative estimate of drug-likeness (QED) is 0.664. The Balaban J connectivity index is 1.49. The van der Waals surface area contributed by atoms with Crippen LogP contribution < -0.4 is 5.32 Å². The molecule has 0 aliphatic heterocycles. The Morgan fingerprint density at radius 3 is 2.69 bits per heavy atom. The zero-order valence-electron chi connectivity index (χ0n) is 15.5. The van der Waals surface area contributed by atoms with Crippen LogP contribution in [0.1, 0.15) is 54.2 Å². The van der Waals surface area contributed by atoms with Gasteiger partial charge < -0.3 is 14.6 Å². The Hall–Kier alpha value is -2.33. The van der Waals surface area contributed by atoms with Gasteiger partial charge in [0.2, 0.25) is 0 Å². The molecule has 0 radical (unpaired) electrons. The van der Waals surface area contributed by atoms with Gasteiger partial charge in [-0.15, -0.1) is 0 Å². The van der Waals surface area contributed by atoms with Crippen LogP contribution in [0.4, 0.5) is 11.5 Å². The van der Waals surface area contributed by atoms with Gasteiger partial charge in [0.25, 0.3) is 0 Å². The van der Waals surface area contributed by atoms with Crippen LogP contribution in [-0.4, -0.2) is 16.7 Å². The molecular weight excluding hydrogens is 322 g/mol. The fraction of sp³-hybridized carbons (Fsp3) is 0.409. The second-order valence-electron chi connectivity index (χ2n) is 7.81. The minimum atomic E-state index is 0.580. The van der Waals surface area contributed by atoms with Crippen LogP contribution in [0.25, 0.3) is 10.9 Å². The lowest BCUT2D eigenvalue weighted by molar-refractivity contribution is 0.185. The molecule has 2 saturated carbocycles. The number of aromatic nitrogens is 2. The minimum absolute atomic E-state index is 0.580. The maximum absolute atomic E-state index is 5.41. The van der Waals surface area contributed by atoms with Crippen LogP contribution >= 0.6 is 0 Å². The highest BCUT2D eigenvalue weighted by atomic mass is 16.5. The fourth-order valence-corrected chi connectivity index (χ4v) is 3.90. The first-order valence-electron chi connectivity index (χ1n) is 9.56. The molecule has 134 valence electrons. The Morgan fingerprint density at radius 1 is 1.15 bits per heavy atom. The molecule has 0 spiro atoms. The van der Waals surface area contributed by atoms with Crippen molar-refractivity contribution < 1.29 is 4.74 Å². The Morgan fingerprint density at radius 2 is 1.96 bits per heavy atom. The summed E-state index contributed by atoms with van der Waals surface area (Å²) in [5.74, 6) is 2.35. The topological polar surface area (TPSA) is 39.1 Å². The molecule has 0 unspecified atom stereocenters. The zero-order chi connectivity index (χ0) is 17.7. The largest absolute Gasteiger partial charge is 0.380 e. The van der Waals surface area contributed by atoms with E-state index in [0.717, 1.165) is 23.0 Å². The summed E-state index contributed by atoms with van der Waals surface area (Å²) < 4.78 is 7.65. The number of fused-ring (bicyclic) bond motifs is 1. The summed E-state index contributed by atoms with van der Waals surface area (Å²) in [5, 5.41) is 4.90. The van der Waals surface area contributed by atoms with Crippen LogP contribution in [0.15, 0.2) is 36.7 Å². The van der Waals surface area contributed by atoms with E-state index in [1.807, 2.05) is 6.20 Å². The van der Waals surface area contributed by atoms with Gasteiger partial charge in [-0.25, -0.2) is 4.98 Å². The normalized spacial score (nSPS) is 17.0. The van der Waals surface area contributed by atoms with E-state index in [1.54, 1.807) is 7.11 Å². The van der Waals surface area contributed by atoms with Gasteiger partial charge in [0, 0.05) is 48.7 Å². The maximum Gasteiger partial charge on any atom is 0.135 e. The number of rotatable bonds is 6. The molecule has 2 aliphatic rings. The van der Waals surface area contributed by atoms with Crippen molar-refractivity contribution in [3.8, 4) is 0 Å². The molecule has 4 nitrogen and oxygen atoms in total. The third-order valence-corrected chi connectivity index (χ3v) is 5.64. The highest BCUT2D eigenvalue weighted by molar-refractivity contribution is 5.88.